The third kappa shape index (κ3) is 4.08. The van der Waals surface area contributed by atoms with E-state index in [1.165, 1.54) is 6.07 Å². The van der Waals surface area contributed by atoms with Crippen molar-refractivity contribution in [2.75, 3.05) is 13.1 Å². The van der Waals surface area contributed by atoms with Crippen LogP contribution in [-0.4, -0.2) is 39.3 Å². The van der Waals surface area contributed by atoms with Crippen molar-refractivity contribution in [3.05, 3.63) is 29.8 Å². The lowest BCUT2D eigenvalue weighted by molar-refractivity contribution is -0.122. The van der Waals surface area contributed by atoms with Crippen LogP contribution >= 0.6 is 0 Å². The summed E-state index contributed by atoms with van der Waals surface area (Å²) in [5, 5.41) is 2.71. The summed E-state index contributed by atoms with van der Waals surface area (Å²) < 4.78 is 26.6. The molecule has 0 fully saturated rings. The molecule has 0 spiro atoms. The average molecular weight is 338 g/mol. The monoisotopic (exact) mass is 338 g/mol. The molecule has 1 aliphatic rings. The minimum absolute atomic E-state index is 0.190. The van der Waals surface area contributed by atoms with Crippen LogP contribution in [0.5, 0.6) is 0 Å². The quantitative estimate of drug-likeness (QED) is 0.666. The van der Waals surface area contributed by atoms with Crippen molar-refractivity contribution in [1.82, 2.24) is 10.0 Å². The fourth-order valence-corrected chi connectivity index (χ4v) is 3.59. The number of unbranched alkanes of at least 4 members (excludes halogenated alkanes) is 1. The predicted octanol–water partition coefficient (Wildman–Crippen LogP) is 0.359. The lowest BCUT2D eigenvalue weighted by atomic mass is 10.1. The van der Waals surface area contributed by atoms with Gasteiger partial charge in [0.2, 0.25) is 5.91 Å². The molecular formula is C15H22N4O3S. The van der Waals surface area contributed by atoms with Crippen LogP contribution in [-0.2, 0) is 14.8 Å². The molecule has 1 aromatic rings. The summed E-state index contributed by atoms with van der Waals surface area (Å²) in [4.78, 5) is 16.8. The van der Waals surface area contributed by atoms with Crippen molar-refractivity contribution in [2.45, 2.75) is 37.1 Å². The molecule has 126 valence electrons. The molecule has 0 aliphatic carbocycles. The van der Waals surface area contributed by atoms with Crippen LogP contribution in [0.2, 0.25) is 0 Å². The zero-order valence-corrected chi connectivity index (χ0v) is 13.9. The Balaban J connectivity index is 2.30. The lowest BCUT2D eigenvalue weighted by Crippen LogP contribution is -2.38. The van der Waals surface area contributed by atoms with Gasteiger partial charge in [0.25, 0.3) is 10.0 Å². The maximum absolute atomic E-state index is 12.2. The number of rotatable bonds is 7. The van der Waals surface area contributed by atoms with E-state index in [4.69, 9.17) is 5.73 Å². The summed E-state index contributed by atoms with van der Waals surface area (Å²) in [6.45, 7) is 2.74. The van der Waals surface area contributed by atoms with Crippen LogP contribution in [0.1, 0.15) is 31.7 Å². The number of benzene rings is 1. The van der Waals surface area contributed by atoms with E-state index in [0.717, 1.165) is 12.8 Å². The Kier molecular flexibility index (Phi) is 5.73. The number of hydrogen-bond donors (Lipinski definition) is 3. The number of carbonyl (C=O) groups excluding carboxylic acids is 1. The number of aliphatic imine (C=N–C) groups is 1. The molecule has 0 bridgehead atoms. The fraction of sp³-hybridized carbons (Fsp3) is 0.467. The van der Waals surface area contributed by atoms with Gasteiger partial charge < -0.3 is 11.1 Å². The number of amidine groups is 1. The molecule has 1 atom stereocenters. The van der Waals surface area contributed by atoms with Crippen molar-refractivity contribution < 1.29 is 13.2 Å². The number of nitrogens with zero attached hydrogens (tertiary/aromatic N) is 1. The molecule has 0 saturated heterocycles. The van der Waals surface area contributed by atoms with Gasteiger partial charge in [-0.05, 0) is 18.6 Å². The van der Waals surface area contributed by atoms with Crippen LogP contribution in [0, 0.1) is 0 Å². The first kappa shape index (κ1) is 17.4. The highest BCUT2D eigenvalue weighted by Crippen LogP contribution is 2.23. The number of sulfonamides is 1. The average Bonchev–Trinajstić information content (AvgIpc) is 2.80. The van der Waals surface area contributed by atoms with E-state index in [2.05, 4.69) is 15.0 Å². The van der Waals surface area contributed by atoms with Gasteiger partial charge in [0.05, 0.1) is 4.90 Å². The first-order chi connectivity index (χ1) is 11.0. The minimum Gasteiger partial charge on any atom is -0.353 e. The van der Waals surface area contributed by atoms with Gasteiger partial charge in [-0.2, -0.15) is 0 Å². The molecule has 1 aliphatic heterocycles. The van der Waals surface area contributed by atoms with Crippen LogP contribution in [0.25, 0.3) is 0 Å². The lowest BCUT2D eigenvalue weighted by Gasteiger charge is -2.13. The van der Waals surface area contributed by atoms with Gasteiger partial charge in [-0.25, -0.2) is 8.42 Å². The largest absolute Gasteiger partial charge is 0.353 e. The minimum atomic E-state index is -3.60. The Morgan fingerprint density at radius 3 is 2.83 bits per heavy atom. The van der Waals surface area contributed by atoms with E-state index in [1.54, 1.807) is 18.2 Å². The smallest absolute Gasteiger partial charge is 0.263 e. The predicted molar refractivity (Wildman–Crippen MR) is 88.7 cm³/mol. The zero-order chi connectivity index (χ0) is 16.9. The van der Waals surface area contributed by atoms with E-state index < -0.39 is 16.1 Å². The molecular weight excluding hydrogens is 316 g/mol. The van der Waals surface area contributed by atoms with Gasteiger partial charge in [0, 0.05) is 18.7 Å². The number of nitrogens with one attached hydrogen (secondary N) is 2. The number of hydrogen-bond acceptors (Lipinski definition) is 5. The highest BCUT2D eigenvalue weighted by Gasteiger charge is 2.31. The summed E-state index contributed by atoms with van der Waals surface area (Å²) in [7, 11) is -3.60. The molecule has 4 N–H and O–H groups in total. The number of nitrogens with two attached hydrogens (primary N) is 1. The van der Waals surface area contributed by atoms with Crippen LogP contribution in [0.15, 0.2) is 34.2 Å². The maximum atomic E-state index is 12.2. The van der Waals surface area contributed by atoms with Gasteiger partial charge in [0.15, 0.2) is 0 Å². The Bertz CT molecular complexity index is 700. The second-order valence-electron chi connectivity index (χ2n) is 5.32. The third-order valence-electron chi connectivity index (χ3n) is 3.53. The molecule has 0 aromatic heterocycles. The molecule has 1 aromatic carbocycles. The summed E-state index contributed by atoms with van der Waals surface area (Å²) in [6.07, 6.45) is 2.31. The van der Waals surface area contributed by atoms with Crippen molar-refractivity contribution in [2.24, 2.45) is 10.7 Å². The molecule has 23 heavy (non-hydrogen) atoms. The fourth-order valence-electron chi connectivity index (χ4n) is 2.35. The molecule has 1 unspecified atom stereocenters. The van der Waals surface area contributed by atoms with E-state index in [-0.39, 0.29) is 16.6 Å². The van der Waals surface area contributed by atoms with Crippen molar-refractivity contribution in [1.29, 1.82) is 0 Å². The van der Waals surface area contributed by atoms with Crippen LogP contribution in [0.3, 0.4) is 0 Å². The van der Waals surface area contributed by atoms with Crippen LogP contribution in [0.4, 0.5) is 0 Å². The highest BCUT2D eigenvalue weighted by molar-refractivity contribution is 7.90. The highest BCUT2D eigenvalue weighted by atomic mass is 32.2. The zero-order valence-electron chi connectivity index (χ0n) is 13.1. The first-order valence-electron chi connectivity index (χ1n) is 7.67. The Morgan fingerprint density at radius 1 is 1.39 bits per heavy atom. The van der Waals surface area contributed by atoms with Crippen molar-refractivity contribution in [3.63, 3.8) is 0 Å². The molecule has 8 heteroatoms. The Hall–Kier alpha value is -1.93. The normalized spacial score (nSPS) is 18.3. The third-order valence-corrected chi connectivity index (χ3v) is 4.92. The van der Waals surface area contributed by atoms with E-state index in [0.29, 0.717) is 25.1 Å². The summed E-state index contributed by atoms with van der Waals surface area (Å²) in [5.74, 6) is -0.00965. The molecule has 7 nitrogen and oxygen atoms in total. The van der Waals surface area contributed by atoms with Crippen molar-refractivity contribution >= 4 is 21.8 Å². The second-order valence-corrected chi connectivity index (χ2v) is 6.97. The van der Waals surface area contributed by atoms with Gasteiger partial charge in [-0.3, -0.25) is 14.5 Å². The molecule has 0 saturated carbocycles. The van der Waals surface area contributed by atoms with E-state index in [1.807, 2.05) is 6.92 Å². The van der Waals surface area contributed by atoms with Crippen LogP contribution < -0.4 is 15.8 Å². The molecule has 1 heterocycles. The van der Waals surface area contributed by atoms with E-state index >= 15 is 0 Å². The summed E-state index contributed by atoms with van der Waals surface area (Å²) in [6, 6.07) is 5.97. The summed E-state index contributed by atoms with van der Waals surface area (Å²) >= 11 is 0. The summed E-state index contributed by atoms with van der Waals surface area (Å²) in [5.41, 5.74) is 5.90. The van der Waals surface area contributed by atoms with Gasteiger partial charge in [-0.15, -0.1) is 0 Å². The Morgan fingerprint density at radius 2 is 2.13 bits per heavy atom. The number of fused-ring (bicyclic) bond motifs is 1. The first-order valence-corrected chi connectivity index (χ1v) is 9.15. The molecule has 1 amide bonds. The number of amides is 1. The topological polar surface area (TPSA) is 114 Å². The second kappa shape index (κ2) is 7.56. The van der Waals surface area contributed by atoms with Gasteiger partial charge in [-0.1, -0.05) is 31.9 Å². The molecule has 0 radical (unpaired) electrons. The Labute approximate surface area is 136 Å². The van der Waals surface area contributed by atoms with Crippen molar-refractivity contribution in [3.8, 4) is 0 Å². The van der Waals surface area contributed by atoms with Gasteiger partial charge >= 0.3 is 0 Å². The maximum Gasteiger partial charge on any atom is 0.263 e. The standard InChI is InChI=1S/C15H22N4O3S/c1-2-3-7-12(15(20)17-10-9-16)18-14-11-6-4-5-8-13(11)23(21,22)19-14/h4-6,8,12H,2-3,7,9-10,16H2,1H3,(H,17,20)(H,18,19). The number of carbonyl (C=O) groups is 1. The SMILES string of the molecule is CCCCC(N=C1NS(=O)(=O)c2ccccc21)C(=O)NCCN. The molecule has 2 rings (SSSR count). The van der Waals surface area contributed by atoms with Gasteiger partial charge in [0.1, 0.15) is 11.9 Å². The van der Waals surface area contributed by atoms with E-state index in [9.17, 15) is 13.2 Å².